The maximum atomic E-state index is 6.07. The molecule has 0 saturated heterocycles. The van der Waals surface area contributed by atoms with Gasteiger partial charge in [0.25, 0.3) is 0 Å². The first kappa shape index (κ1) is 14.6. The van der Waals surface area contributed by atoms with Crippen molar-refractivity contribution in [1.82, 2.24) is 10.3 Å². The van der Waals surface area contributed by atoms with Crippen LogP contribution < -0.4 is 5.32 Å². The molecule has 1 aromatic heterocycles. The Morgan fingerprint density at radius 3 is 2.74 bits per heavy atom. The van der Waals surface area contributed by atoms with Gasteiger partial charge in [0.1, 0.15) is 5.76 Å². The minimum atomic E-state index is 0.275. The van der Waals surface area contributed by atoms with Crippen molar-refractivity contribution >= 4 is 0 Å². The van der Waals surface area contributed by atoms with Gasteiger partial charge in [-0.3, -0.25) is 0 Å². The molecule has 0 bridgehead atoms. The third kappa shape index (κ3) is 3.59. The lowest BCUT2D eigenvalue weighted by atomic mass is 9.77. The van der Waals surface area contributed by atoms with Crippen LogP contribution in [0.3, 0.4) is 0 Å². The van der Waals surface area contributed by atoms with E-state index < -0.39 is 0 Å². The van der Waals surface area contributed by atoms with Crippen LogP contribution in [-0.2, 0) is 11.8 Å². The van der Waals surface area contributed by atoms with Crippen molar-refractivity contribution in [2.24, 2.45) is 5.92 Å². The molecule has 1 aliphatic carbocycles. The molecule has 1 aliphatic rings. The molecule has 0 spiro atoms. The molecule has 19 heavy (non-hydrogen) atoms. The van der Waals surface area contributed by atoms with E-state index in [0.29, 0.717) is 5.92 Å². The molecule has 0 aromatic carbocycles. The quantitative estimate of drug-likeness (QED) is 0.763. The van der Waals surface area contributed by atoms with Crippen LogP contribution in [0.1, 0.15) is 64.5 Å². The summed E-state index contributed by atoms with van der Waals surface area (Å²) in [6, 6.07) is 0. The Morgan fingerprint density at radius 2 is 2.11 bits per heavy atom. The van der Waals surface area contributed by atoms with Gasteiger partial charge >= 0.3 is 0 Å². The van der Waals surface area contributed by atoms with E-state index >= 15 is 0 Å². The maximum Gasteiger partial charge on any atom is 0.195 e. The Balaban J connectivity index is 2.05. The summed E-state index contributed by atoms with van der Waals surface area (Å²) in [6.45, 7) is 8.70. The number of rotatable bonds is 7. The van der Waals surface area contributed by atoms with E-state index in [2.05, 4.69) is 31.1 Å². The molecule has 1 saturated carbocycles. The van der Waals surface area contributed by atoms with Crippen molar-refractivity contribution in [3.8, 4) is 0 Å². The van der Waals surface area contributed by atoms with Crippen molar-refractivity contribution in [3.05, 3.63) is 17.8 Å². The number of hydrogen-bond acceptors (Lipinski definition) is 3. The van der Waals surface area contributed by atoms with E-state index in [-0.39, 0.29) is 5.41 Å². The third-order valence-corrected chi connectivity index (χ3v) is 4.20. The number of aromatic nitrogens is 1. The van der Waals surface area contributed by atoms with E-state index in [9.17, 15) is 0 Å². The Labute approximate surface area is 117 Å². The smallest absolute Gasteiger partial charge is 0.195 e. The molecule has 0 unspecified atom stereocenters. The fourth-order valence-electron chi connectivity index (χ4n) is 3.43. The molecule has 1 N–H and O–H groups in total. The first-order valence-corrected chi connectivity index (χ1v) is 7.82. The van der Waals surface area contributed by atoms with Gasteiger partial charge in [0.15, 0.2) is 5.89 Å². The molecule has 3 nitrogen and oxygen atoms in total. The normalized spacial score (nSPS) is 18.3. The van der Waals surface area contributed by atoms with E-state index in [1.165, 1.54) is 32.1 Å². The Hall–Kier alpha value is -0.830. The third-order valence-electron chi connectivity index (χ3n) is 4.20. The predicted molar refractivity (Wildman–Crippen MR) is 78.4 cm³/mol. The highest BCUT2D eigenvalue weighted by molar-refractivity contribution is 5.14. The molecule has 0 atom stereocenters. The minimum absolute atomic E-state index is 0.275. The van der Waals surface area contributed by atoms with Crippen molar-refractivity contribution in [2.75, 3.05) is 13.1 Å². The minimum Gasteiger partial charge on any atom is -0.445 e. The molecule has 0 radical (unpaired) electrons. The van der Waals surface area contributed by atoms with Gasteiger partial charge in [-0.2, -0.15) is 0 Å². The molecule has 1 heterocycles. The first-order valence-electron chi connectivity index (χ1n) is 7.82. The van der Waals surface area contributed by atoms with Crippen molar-refractivity contribution < 1.29 is 4.42 Å². The highest BCUT2D eigenvalue weighted by Crippen LogP contribution is 2.45. The topological polar surface area (TPSA) is 38.1 Å². The van der Waals surface area contributed by atoms with Crippen LogP contribution in [0.4, 0.5) is 0 Å². The van der Waals surface area contributed by atoms with Gasteiger partial charge in [0.2, 0.25) is 0 Å². The van der Waals surface area contributed by atoms with Gasteiger partial charge in [-0.05, 0) is 31.7 Å². The number of oxazole rings is 1. The summed E-state index contributed by atoms with van der Waals surface area (Å²) >= 11 is 0. The Bertz CT molecular complexity index is 378. The van der Waals surface area contributed by atoms with Crippen molar-refractivity contribution in [2.45, 2.75) is 64.7 Å². The standard InChI is InChI=1S/C16H28N2O/c1-4-17-10-7-15-18-12-14(19-15)16(11-13(2)3)8-5-6-9-16/h12-13,17H,4-11H2,1-3H3. The lowest BCUT2D eigenvalue weighted by Gasteiger charge is -2.28. The zero-order valence-electron chi connectivity index (χ0n) is 12.7. The van der Waals surface area contributed by atoms with Crippen LogP contribution in [0.2, 0.25) is 0 Å². The summed E-state index contributed by atoms with van der Waals surface area (Å²) in [5.74, 6) is 2.75. The average Bonchev–Trinajstić information content (AvgIpc) is 2.98. The van der Waals surface area contributed by atoms with Gasteiger partial charge in [-0.1, -0.05) is 33.6 Å². The highest BCUT2D eigenvalue weighted by atomic mass is 16.4. The lowest BCUT2D eigenvalue weighted by Crippen LogP contribution is -2.23. The summed E-state index contributed by atoms with van der Waals surface area (Å²) in [4.78, 5) is 4.48. The average molecular weight is 264 g/mol. The van der Waals surface area contributed by atoms with Crippen LogP contribution >= 0.6 is 0 Å². The molecule has 108 valence electrons. The largest absolute Gasteiger partial charge is 0.445 e. The van der Waals surface area contributed by atoms with Crippen LogP contribution in [-0.4, -0.2) is 18.1 Å². The summed E-state index contributed by atoms with van der Waals surface area (Å²) in [5, 5.41) is 3.32. The lowest BCUT2D eigenvalue weighted by molar-refractivity contribution is 0.277. The van der Waals surface area contributed by atoms with Gasteiger partial charge in [0.05, 0.1) is 6.20 Å². The number of hydrogen-bond donors (Lipinski definition) is 1. The summed E-state index contributed by atoms with van der Waals surface area (Å²) in [7, 11) is 0. The molecule has 0 aliphatic heterocycles. The molecule has 3 heteroatoms. The van der Waals surface area contributed by atoms with Crippen LogP contribution in [0, 0.1) is 5.92 Å². The van der Waals surface area contributed by atoms with Crippen molar-refractivity contribution in [3.63, 3.8) is 0 Å². The molecule has 0 amide bonds. The monoisotopic (exact) mass is 264 g/mol. The summed E-state index contributed by atoms with van der Waals surface area (Å²) in [6.07, 6.45) is 9.33. The van der Waals surface area contributed by atoms with E-state index in [0.717, 1.165) is 31.2 Å². The Kier molecular flexibility index (Phi) is 5.03. The first-order chi connectivity index (χ1) is 9.16. The van der Waals surface area contributed by atoms with Crippen LogP contribution in [0.5, 0.6) is 0 Å². The second-order valence-corrected chi connectivity index (χ2v) is 6.31. The van der Waals surface area contributed by atoms with E-state index in [1.54, 1.807) is 0 Å². The number of nitrogens with zero attached hydrogens (tertiary/aromatic N) is 1. The zero-order valence-corrected chi connectivity index (χ0v) is 12.7. The molecule has 1 fully saturated rings. The van der Waals surface area contributed by atoms with Gasteiger partial charge in [0, 0.05) is 18.4 Å². The molecular formula is C16H28N2O. The second-order valence-electron chi connectivity index (χ2n) is 6.31. The molecule has 1 aromatic rings. The Morgan fingerprint density at radius 1 is 1.37 bits per heavy atom. The second kappa shape index (κ2) is 6.56. The molecular weight excluding hydrogens is 236 g/mol. The van der Waals surface area contributed by atoms with Gasteiger partial charge in [-0.25, -0.2) is 4.98 Å². The fraction of sp³-hybridized carbons (Fsp3) is 0.812. The van der Waals surface area contributed by atoms with E-state index in [1.807, 2.05) is 6.20 Å². The maximum absolute atomic E-state index is 6.07. The summed E-state index contributed by atoms with van der Waals surface area (Å²) in [5.41, 5.74) is 0.275. The SMILES string of the molecule is CCNCCc1ncc(C2(CC(C)C)CCCC2)o1. The number of likely N-dealkylation sites (N-methyl/N-ethyl adjacent to an activating group) is 1. The van der Waals surface area contributed by atoms with Crippen LogP contribution in [0.15, 0.2) is 10.6 Å². The highest BCUT2D eigenvalue weighted by Gasteiger charge is 2.39. The summed E-state index contributed by atoms with van der Waals surface area (Å²) < 4.78 is 6.07. The predicted octanol–water partition coefficient (Wildman–Crippen LogP) is 3.68. The van der Waals surface area contributed by atoms with E-state index in [4.69, 9.17) is 4.42 Å². The van der Waals surface area contributed by atoms with Crippen LogP contribution in [0.25, 0.3) is 0 Å². The fourth-order valence-corrected chi connectivity index (χ4v) is 3.43. The molecule has 2 rings (SSSR count). The number of nitrogens with one attached hydrogen (secondary N) is 1. The zero-order chi connectivity index (χ0) is 13.7. The van der Waals surface area contributed by atoms with Gasteiger partial charge in [-0.15, -0.1) is 0 Å². The van der Waals surface area contributed by atoms with Crippen molar-refractivity contribution in [1.29, 1.82) is 0 Å². The van der Waals surface area contributed by atoms with Gasteiger partial charge < -0.3 is 9.73 Å².